The molecule has 1 aromatic carbocycles. The Morgan fingerprint density at radius 2 is 2.32 bits per heavy atom. The van der Waals surface area contributed by atoms with E-state index in [-0.39, 0.29) is 18.6 Å². The molecule has 1 heterocycles. The van der Waals surface area contributed by atoms with Crippen LogP contribution in [0, 0.1) is 6.92 Å². The lowest BCUT2D eigenvalue weighted by Crippen LogP contribution is -2.48. The lowest BCUT2D eigenvalue weighted by atomic mass is 10.0. The van der Waals surface area contributed by atoms with Crippen molar-refractivity contribution >= 4 is 5.91 Å². The molecule has 1 amide bonds. The van der Waals surface area contributed by atoms with Crippen molar-refractivity contribution in [1.29, 1.82) is 0 Å². The van der Waals surface area contributed by atoms with Crippen molar-refractivity contribution in [3.8, 4) is 5.75 Å². The van der Waals surface area contributed by atoms with Gasteiger partial charge in [-0.2, -0.15) is 0 Å². The van der Waals surface area contributed by atoms with E-state index in [1.54, 1.807) is 19.2 Å². The molecule has 5 heteroatoms. The number of hydrogen-bond donors (Lipinski definition) is 2. The van der Waals surface area contributed by atoms with E-state index in [2.05, 4.69) is 5.32 Å². The SMILES string of the molecule is COc1cc(C(=O)N[C@@H]2CCOC[C@H]2O)ccc1C. The zero-order valence-corrected chi connectivity index (χ0v) is 11.2. The van der Waals surface area contributed by atoms with Gasteiger partial charge < -0.3 is 19.9 Å². The molecule has 2 rings (SSSR count). The monoisotopic (exact) mass is 265 g/mol. The van der Waals surface area contributed by atoms with E-state index in [4.69, 9.17) is 9.47 Å². The van der Waals surface area contributed by atoms with Gasteiger partial charge in [0.2, 0.25) is 0 Å². The van der Waals surface area contributed by atoms with Crippen LogP contribution in [0.25, 0.3) is 0 Å². The van der Waals surface area contributed by atoms with Crippen molar-refractivity contribution < 1.29 is 19.4 Å². The number of carbonyl (C=O) groups is 1. The summed E-state index contributed by atoms with van der Waals surface area (Å²) in [5.41, 5.74) is 1.51. The highest BCUT2D eigenvalue weighted by atomic mass is 16.5. The molecular weight excluding hydrogens is 246 g/mol. The lowest BCUT2D eigenvalue weighted by molar-refractivity contribution is -0.0260. The maximum absolute atomic E-state index is 12.1. The average molecular weight is 265 g/mol. The Bertz CT molecular complexity index is 461. The highest BCUT2D eigenvalue weighted by molar-refractivity contribution is 5.95. The first-order valence-electron chi connectivity index (χ1n) is 6.33. The van der Waals surface area contributed by atoms with Gasteiger partial charge in [-0.25, -0.2) is 0 Å². The summed E-state index contributed by atoms with van der Waals surface area (Å²) in [6.45, 7) is 2.74. The molecule has 0 aliphatic carbocycles. The minimum atomic E-state index is -0.648. The number of aryl methyl sites for hydroxylation is 1. The summed E-state index contributed by atoms with van der Waals surface area (Å²) in [4.78, 5) is 12.1. The quantitative estimate of drug-likeness (QED) is 0.851. The van der Waals surface area contributed by atoms with Crippen LogP contribution in [0.3, 0.4) is 0 Å². The largest absolute Gasteiger partial charge is 0.496 e. The van der Waals surface area contributed by atoms with Gasteiger partial charge in [0.25, 0.3) is 5.91 Å². The van der Waals surface area contributed by atoms with Crippen molar-refractivity contribution in [2.24, 2.45) is 0 Å². The van der Waals surface area contributed by atoms with Crippen LogP contribution in [-0.2, 0) is 4.74 Å². The Balaban J connectivity index is 2.07. The van der Waals surface area contributed by atoms with Crippen LogP contribution < -0.4 is 10.1 Å². The van der Waals surface area contributed by atoms with Crippen molar-refractivity contribution in [2.45, 2.75) is 25.5 Å². The van der Waals surface area contributed by atoms with E-state index in [1.807, 2.05) is 13.0 Å². The van der Waals surface area contributed by atoms with Gasteiger partial charge in [0, 0.05) is 12.2 Å². The Morgan fingerprint density at radius 3 is 3.00 bits per heavy atom. The van der Waals surface area contributed by atoms with E-state index in [9.17, 15) is 9.90 Å². The summed E-state index contributed by atoms with van der Waals surface area (Å²) in [7, 11) is 1.58. The minimum absolute atomic E-state index is 0.204. The smallest absolute Gasteiger partial charge is 0.251 e. The number of aliphatic hydroxyl groups is 1. The topological polar surface area (TPSA) is 67.8 Å². The van der Waals surface area contributed by atoms with Gasteiger partial charge >= 0.3 is 0 Å². The first-order chi connectivity index (χ1) is 9.11. The average Bonchev–Trinajstić information content (AvgIpc) is 2.42. The third-order valence-corrected chi connectivity index (χ3v) is 3.31. The normalized spacial score (nSPS) is 22.9. The number of ether oxygens (including phenoxy) is 2. The van der Waals surface area contributed by atoms with Crippen LogP contribution in [0.5, 0.6) is 5.75 Å². The summed E-state index contributed by atoms with van der Waals surface area (Å²) in [6.07, 6.45) is -0.0272. The van der Waals surface area contributed by atoms with E-state index < -0.39 is 6.10 Å². The van der Waals surface area contributed by atoms with Crippen LogP contribution in [0.15, 0.2) is 18.2 Å². The number of benzene rings is 1. The van der Waals surface area contributed by atoms with Crippen molar-refractivity contribution in [3.63, 3.8) is 0 Å². The number of amides is 1. The maximum Gasteiger partial charge on any atom is 0.251 e. The molecule has 0 unspecified atom stereocenters. The zero-order valence-electron chi connectivity index (χ0n) is 11.2. The third kappa shape index (κ3) is 3.24. The molecule has 0 aromatic heterocycles. The van der Waals surface area contributed by atoms with E-state index in [0.717, 1.165) is 5.56 Å². The predicted molar refractivity (Wildman–Crippen MR) is 70.4 cm³/mol. The number of nitrogens with one attached hydrogen (secondary N) is 1. The molecule has 1 aliphatic rings. The second-order valence-electron chi connectivity index (χ2n) is 4.70. The van der Waals surface area contributed by atoms with E-state index >= 15 is 0 Å². The third-order valence-electron chi connectivity index (χ3n) is 3.31. The fourth-order valence-corrected chi connectivity index (χ4v) is 2.10. The van der Waals surface area contributed by atoms with Gasteiger partial charge in [0.15, 0.2) is 0 Å². The van der Waals surface area contributed by atoms with Crippen LogP contribution in [-0.4, -0.2) is 43.5 Å². The molecule has 1 fully saturated rings. The van der Waals surface area contributed by atoms with Gasteiger partial charge in [0.05, 0.1) is 25.9 Å². The predicted octanol–water partition coefficient (Wildman–Crippen LogP) is 0.883. The Morgan fingerprint density at radius 1 is 1.53 bits per heavy atom. The van der Waals surface area contributed by atoms with Crippen LogP contribution in [0.1, 0.15) is 22.3 Å². The molecule has 1 aromatic rings. The van der Waals surface area contributed by atoms with Crippen LogP contribution in [0.4, 0.5) is 0 Å². The Hall–Kier alpha value is -1.59. The summed E-state index contributed by atoms with van der Waals surface area (Å²) in [5.74, 6) is 0.476. The van der Waals surface area contributed by atoms with Gasteiger partial charge in [-0.3, -0.25) is 4.79 Å². The lowest BCUT2D eigenvalue weighted by Gasteiger charge is -2.28. The van der Waals surface area contributed by atoms with Crippen molar-refractivity contribution in [2.75, 3.05) is 20.3 Å². The van der Waals surface area contributed by atoms with E-state index in [0.29, 0.717) is 24.3 Å². The standard InChI is InChI=1S/C14H19NO4/c1-9-3-4-10(7-13(9)18-2)14(17)15-11-5-6-19-8-12(11)16/h3-4,7,11-12,16H,5-6,8H2,1-2H3,(H,15,17)/t11-,12-/m1/s1. The first kappa shape index (κ1) is 13.8. The Labute approximate surface area is 112 Å². The molecule has 0 saturated carbocycles. The molecule has 2 N–H and O–H groups in total. The summed E-state index contributed by atoms with van der Waals surface area (Å²) in [6, 6.07) is 5.04. The second-order valence-corrected chi connectivity index (χ2v) is 4.70. The molecule has 19 heavy (non-hydrogen) atoms. The minimum Gasteiger partial charge on any atom is -0.496 e. The summed E-state index contributed by atoms with van der Waals surface area (Å²) < 4.78 is 10.3. The molecule has 0 spiro atoms. The molecule has 0 bridgehead atoms. The number of carbonyl (C=O) groups excluding carboxylic acids is 1. The fraction of sp³-hybridized carbons (Fsp3) is 0.500. The summed E-state index contributed by atoms with van der Waals surface area (Å²) in [5, 5.41) is 12.6. The van der Waals surface area contributed by atoms with Gasteiger partial charge in [0.1, 0.15) is 5.75 Å². The van der Waals surface area contributed by atoms with Gasteiger partial charge in [-0.15, -0.1) is 0 Å². The molecular formula is C14H19NO4. The molecule has 0 radical (unpaired) electrons. The number of rotatable bonds is 3. The van der Waals surface area contributed by atoms with Crippen LogP contribution in [0.2, 0.25) is 0 Å². The fourth-order valence-electron chi connectivity index (χ4n) is 2.10. The Kier molecular flexibility index (Phi) is 4.39. The zero-order chi connectivity index (χ0) is 13.8. The first-order valence-corrected chi connectivity index (χ1v) is 6.33. The maximum atomic E-state index is 12.1. The number of aliphatic hydroxyl groups excluding tert-OH is 1. The number of hydrogen-bond acceptors (Lipinski definition) is 4. The molecule has 1 saturated heterocycles. The van der Waals surface area contributed by atoms with Crippen molar-refractivity contribution in [1.82, 2.24) is 5.32 Å². The second kappa shape index (κ2) is 6.04. The highest BCUT2D eigenvalue weighted by Crippen LogP contribution is 2.19. The van der Waals surface area contributed by atoms with Gasteiger partial charge in [-0.1, -0.05) is 6.07 Å². The molecule has 104 valence electrons. The molecule has 2 atom stereocenters. The van der Waals surface area contributed by atoms with Crippen LogP contribution >= 0.6 is 0 Å². The summed E-state index contributed by atoms with van der Waals surface area (Å²) >= 11 is 0. The molecule has 1 aliphatic heterocycles. The van der Waals surface area contributed by atoms with E-state index in [1.165, 1.54) is 0 Å². The molecule has 5 nitrogen and oxygen atoms in total. The van der Waals surface area contributed by atoms with Gasteiger partial charge in [-0.05, 0) is 31.0 Å². The van der Waals surface area contributed by atoms with Crippen molar-refractivity contribution in [3.05, 3.63) is 29.3 Å². The number of methoxy groups -OCH3 is 1. The highest BCUT2D eigenvalue weighted by Gasteiger charge is 2.25.